The summed E-state index contributed by atoms with van der Waals surface area (Å²) in [7, 11) is 0. The lowest BCUT2D eigenvalue weighted by Gasteiger charge is -2.31. The van der Waals surface area contributed by atoms with Gasteiger partial charge in [-0.25, -0.2) is 0 Å². The molecule has 0 aromatic carbocycles. The molecule has 0 atom stereocenters. The van der Waals surface area contributed by atoms with E-state index >= 15 is 0 Å². The topological polar surface area (TPSA) is 68.6 Å². The van der Waals surface area contributed by atoms with Crippen molar-refractivity contribution in [1.82, 2.24) is 15.2 Å². The monoisotopic (exact) mass is 267 g/mol. The Morgan fingerprint density at radius 2 is 2.10 bits per heavy atom. The largest absolute Gasteiger partial charge is 0.360 e. The van der Waals surface area contributed by atoms with Gasteiger partial charge in [-0.05, 0) is 43.0 Å². The van der Waals surface area contributed by atoms with Crippen molar-refractivity contribution in [3.8, 4) is 17.5 Å². The average molecular weight is 267 g/mol. The Kier molecular flexibility index (Phi) is 3.64. The summed E-state index contributed by atoms with van der Waals surface area (Å²) in [6.45, 7) is 1.92. The first-order valence-electron chi connectivity index (χ1n) is 6.96. The first-order valence-corrected chi connectivity index (χ1v) is 6.96. The Bertz CT molecular complexity index is 574. The van der Waals surface area contributed by atoms with Gasteiger partial charge in [0.2, 0.25) is 0 Å². The second-order valence-corrected chi connectivity index (χ2v) is 5.15. The molecule has 0 unspecified atom stereocenters. The molecule has 0 spiro atoms. The SMILES string of the molecule is N#CCC1CCN(c2ccc(-c3ccc[nH]3)nn2)CC1. The van der Waals surface area contributed by atoms with Gasteiger partial charge >= 0.3 is 0 Å². The van der Waals surface area contributed by atoms with Gasteiger partial charge in [-0.3, -0.25) is 0 Å². The molecule has 0 bridgehead atoms. The summed E-state index contributed by atoms with van der Waals surface area (Å²) in [6.07, 6.45) is 4.68. The van der Waals surface area contributed by atoms with Crippen molar-refractivity contribution in [2.45, 2.75) is 19.3 Å². The fourth-order valence-corrected chi connectivity index (χ4v) is 2.62. The van der Waals surface area contributed by atoms with Crippen LogP contribution in [0.3, 0.4) is 0 Å². The third-order valence-electron chi connectivity index (χ3n) is 3.84. The molecular formula is C15H17N5. The number of H-pyrrole nitrogens is 1. The quantitative estimate of drug-likeness (QED) is 0.928. The maximum Gasteiger partial charge on any atom is 0.151 e. The van der Waals surface area contributed by atoms with Gasteiger partial charge in [0.15, 0.2) is 5.82 Å². The summed E-state index contributed by atoms with van der Waals surface area (Å²) < 4.78 is 0. The van der Waals surface area contributed by atoms with Crippen LogP contribution in [0, 0.1) is 17.2 Å². The fraction of sp³-hybridized carbons (Fsp3) is 0.400. The van der Waals surface area contributed by atoms with Crippen LogP contribution in [-0.4, -0.2) is 28.3 Å². The van der Waals surface area contributed by atoms with E-state index in [0.29, 0.717) is 12.3 Å². The summed E-state index contributed by atoms with van der Waals surface area (Å²) in [5.74, 6) is 1.47. The zero-order chi connectivity index (χ0) is 13.8. The van der Waals surface area contributed by atoms with Gasteiger partial charge in [0.05, 0.1) is 11.8 Å². The number of aromatic nitrogens is 3. The van der Waals surface area contributed by atoms with Crippen LogP contribution in [0.1, 0.15) is 19.3 Å². The minimum Gasteiger partial charge on any atom is -0.360 e. The molecule has 0 aliphatic carbocycles. The van der Waals surface area contributed by atoms with Gasteiger partial charge in [0, 0.05) is 25.7 Å². The number of rotatable bonds is 3. The molecule has 1 N–H and O–H groups in total. The van der Waals surface area contributed by atoms with Crippen molar-refractivity contribution in [1.29, 1.82) is 5.26 Å². The number of piperidine rings is 1. The number of aromatic amines is 1. The highest BCUT2D eigenvalue weighted by Crippen LogP contribution is 2.24. The molecule has 1 fully saturated rings. The molecule has 3 heterocycles. The van der Waals surface area contributed by atoms with Crippen LogP contribution in [0.5, 0.6) is 0 Å². The van der Waals surface area contributed by atoms with Crippen molar-refractivity contribution in [2.24, 2.45) is 5.92 Å². The molecule has 20 heavy (non-hydrogen) atoms. The second-order valence-electron chi connectivity index (χ2n) is 5.15. The minimum absolute atomic E-state index is 0.544. The molecule has 1 saturated heterocycles. The van der Waals surface area contributed by atoms with E-state index in [0.717, 1.165) is 43.1 Å². The Morgan fingerprint density at radius 1 is 1.25 bits per heavy atom. The highest BCUT2D eigenvalue weighted by molar-refractivity contribution is 5.55. The van der Waals surface area contributed by atoms with Gasteiger partial charge in [-0.1, -0.05) is 0 Å². The molecule has 5 nitrogen and oxygen atoms in total. The highest BCUT2D eigenvalue weighted by atomic mass is 15.3. The summed E-state index contributed by atoms with van der Waals surface area (Å²) in [5.41, 5.74) is 1.84. The summed E-state index contributed by atoms with van der Waals surface area (Å²) in [6, 6.07) is 10.2. The van der Waals surface area contributed by atoms with Crippen LogP contribution in [0.4, 0.5) is 5.82 Å². The van der Waals surface area contributed by atoms with Gasteiger partial charge in [-0.15, -0.1) is 10.2 Å². The Labute approximate surface area is 118 Å². The summed E-state index contributed by atoms with van der Waals surface area (Å²) in [4.78, 5) is 5.37. The fourth-order valence-electron chi connectivity index (χ4n) is 2.62. The lowest BCUT2D eigenvalue weighted by molar-refractivity contribution is 0.410. The lowest BCUT2D eigenvalue weighted by Crippen LogP contribution is -2.34. The molecule has 0 saturated carbocycles. The van der Waals surface area contributed by atoms with Crippen molar-refractivity contribution in [3.05, 3.63) is 30.5 Å². The van der Waals surface area contributed by atoms with E-state index in [1.165, 1.54) is 0 Å². The number of anilines is 1. The Morgan fingerprint density at radius 3 is 2.70 bits per heavy atom. The molecular weight excluding hydrogens is 250 g/mol. The van der Waals surface area contributed by atoms with Crippen LogP contribution < -0.4 is 4.90 Å². The zero-order valence-corrected chi connectivity index (χ0v) is 11.3. The van der Waals surface area contributed by atoms with E-state index < -0.39 is 0 Å². The van der Waals surface area contributed by atoms with Crippen molar-refractivity contribution >= 4 is 5.82 Å². The maximum absolute atomic E-state index is 8.73. The standard InChI is InChI=1S/C15H17N5/c16-8-5-12-6-10-20(11-7-12)15-4-3-14(18-19-15)13-2-1-9-17-13/h1-4,9,12,17H,5-7,10-11H2. The average Bonchev–Trinajstić information content (AvgIpc) is 3.03. The van der Waals surface area contributed by atoms with Gasteiger partial charge < -0.3 is 9.88 Å². The number of nitriles is 1. The van der Waals surface area contributed by atoms with Crippen LogP contribution in [-0.2, 0) is 0 Å². The van der Waals surface area contributed by atoms with Crippen molar-refractivity contribution in [3.63, 3.8) is 0 Å². The van der Waals surface area contributed by atoms with Crippen LogP contribution in [0.2, 0.25) is 0 Å². The van der Waals surface area contributed by atoms with Crippen LogP contribution in [0.25, 0.3) is 11.4 Å². The van der Waals surface area contributed by atoms with Crippen LogP contribution in [0.15, 0.2) is 30.5 Å². The smallest absolute Gasteiger partial charge is 0.151 e. The summed E-state index contributed by atoms with van der Waals surface area (Å²) in [5, 5.41) is 17.3. The first-order chi connectivity index (χ1) is 9.86. The minimum atomic E-state index is 0.544. The maximum atomic E-state index is 8.73. The normalized spacial score (nSPS) is 16.1. The predicted molar refractivity (Wildman–Crippen MR) is 77.0 cm³/mol. The molecule has 0 amide bonds. The van der Waals surface area contributed by atoms with E-state index in [9.17, 15) is 0 Å². The molecule has 1 aliphatic rings. The number of hydrogen-bond acceptors (Lipinski definition) is 4. The number of hydrogen-bond donors (Lipinski definition) is 1. The molecule has 102 valence electrons. The lowest BCUT2D eigenvalue weighted by atomic mass is 9.94. The number of nitrogens with zero attached hydrogens (tertiary/aromatic N) is 4. The second kappa shape index (κ2) is 5.74. The summed E-state index contributed by atoms with van der Waals surface area (Å²) >= 11 is 0. The van der Waals surface area contributed by atoms with Gasteiger partial charge in [0.25, 0.3) is 0 Å². The molecule has 2 aromatic rings. The third kappa shape index (κ3) is 2.64. The molecule has 1 aliphatic heterocycles. The van der Waals surface area contributed by atoms with Gasteiger partial charge in [-0.2, -0.15) is 5.26 Å². The molecule has 5 heteroatoms. The molecule has 0 radical (unpaired) electrons. The molecule has 3 rings (SSSR count). The first kappa shape index (κ1) is 12.7. The van der Waals surface area contributed by atoms with Gasteiger partial charge in [0.1, 0.15) is 5.69 Å². The van der Waals surface area contributed by atoms with E-state index in [2.05, 4.69) is 26.2 Å². The van der Waals surface area contributed by atoms with E-state index in [4.69, 9.17) is 5.26 Å². The predicted octanol–water partition coefficient (Wildman–Crippen LogP) is 2.60. The van der Waals surface area contributed by atoms with E-state index in [1.807, 2.05) is 30.5 Å². The van der Waals surface area contributed by atoms with E-state index in [1.54, 1.807) is 0 Å². The molecule has 2 aromatic heterocycles. The Balaban J connectivity index is 1.66. The number of nitrogens with one attached hydrogen (secondary N) is 1. The van der Waals surface area contributed by atoms with E-state index in [-0.39, 0.29) is 0 Å². The Hall–Kier alpha value is -2.35. The zero-order valence-electron chi connectivity index (χ0n) is 11.3. The van der Waals surface area contributed by atoms with Crippen molar-refractivity contribution < 1.29 is 0 Å². The van der Waals surface area contributed by atoms with Crippen molar-refractivity contribution in [2.75, 3.05) is 18.0 Å². The van der Waals surface area contributed by atoms with Crippen LogP contribution >= 0.6 is 0 Å². The highest BCUT2D eigenvalue weighted by Gasteiger charge is 2.20. The third-order valence-corrected chi connectivity index (χ3v) is 3.84.